The molecule has 34 heavy (non-hydrogen) atoms. The third kappa shape index (κ3) is 4.32. The molecule has 0 radical (unpaired) electrons. The molecule has 7 heteroatoms. The molecule has 4 bridgehead atoms. The Kier molecular flexibility index (Phi) is 5.57. The minimum atomic E-state index is 0.0787. The van der Waals surface area contributed by atoms with Gasteiger partial charge in [-0.15, -0.1) is 0 Å². The van der Waals surface area contributed by atoms with Crippen LogP contribution in [0.2, 0.25) is 0 Å². The molecule has 1 saturated heterocycles. The Morgan fingerprint density at radius 3 is 2.50 bits per heavy atom. The van der Waals surface area contributed by atoms with Gasteiger partial charge >= 0.3 is 6.03 Å². The number of rotatable bonds is 6. The molecule has 5 fully saturated rings. The van der Waals surface area contributed by atoms with Gasteiger partial charge in [-0.25, -0.2) is 9.78 Å². The molecule has 5 aliphatic rings. The molecule has 178 valence electrons. The fraction of sp³-hybridized carbons (Fsp3) is 0.593. The number of carbonyl (C=O) groups excluding carboxylic acids is 1. The third-order valence-corrected chi connectivity index (χ3v) is 8.69. The summed E-state index contributed by atoms with van der Waals surface area (Å²) < 4.78 is 2.14. The normalized spacial score (nSPS) is 31.6. The molecular formula is C27H34N6O. The quantitative estimate of drug-likeness (QED) is 0.692. The SMILES string of the molecule is N#Cc1ccc(Cn2cncc2CN[C@@H]2CCN(C(=O)NC34CC5CC(CC(C5)C3)C4)C2)cc1. The lowest BCUT2D eigenvalue weighted by molar-refractivity contribution is -0.0153. The maximum Gasteiger partial charge on any atom is 0.317 e. The van der Waals surface area contributed by atoms with Crippen molar-refractivity contribution >= 4 is 6.03 Å². The lowest BCUT2D eigenvalue weighted by Crippen LogP contribution is -2.61. The summed E-state index contributed by atoms with van der Waals surface area (Å²) in [6.45, 7) is 3.04. The van der Waals surface area contributed by atoms with Crippen LogP contribution in [0.3, 0.4) is 0 Å². The predicted octanol–water partition coefficient (Wildman–Crippen LogP) is 3.65. The van der Waals surface area contributed by atoms with Crippen LogP contribution in [0.1, 0.15) is 61.8 Å². The van der Waals surface area contributed by atoms with Crippen molar-refractivity contribution in [3.8, 4) is 6.07 Å². The van der Waals surface area contributed by atoms with E-state index in [0.717, 1.165) is 61.6 Å². The summed E-state index contributed by atoms with van der Waals surface area (Å²) in [6, 6.07) is 10.3. The van der Waals surface area contributed by atoms with Crippen molar-refractivity contribution in [2.75, 3.05) is 13.1 Å². The fourth-order valence-electron chi connectivity index (χ4n) is 7.45. The lowest BCUT2D eigenvalue weighted by Gasteiger charge is -2.57. The molecule has 1 aromatic heterocycles. The first-order valence-electron chi connectivity index (χ1n) is 12.9. The van der Waals surface area contributed by atoms with Crippen molar-refractivity contribution in [3.63, 3.8) is 0 Å². The van der Waals surface area contributed by atoms with E-state index in [1.165, 1.54) is 38.5 Å². The number of nitriles is 1. The molecule has 7 rings (SSSR count). The van der Waals surface area contributed by atoms with Crippen LogP contribution >= 0.6 is 0 Å². The fourth-order valence-corrected chi connectivity index (χ4v) is 7.45. The average Bonchev–Trinajstić information content (AvgIpc) is 3.46. The van der Waals surface area contributed by atoms with Crippen molar-refractivity contribution in [2.24, 2.45) is 17.8 Å². The summed E-state index contributed by atoms with van der Waals surface area (Å²) in [4.78, 5) is 19.5. The second-order valence-electron chi connectivity index (χ2n) is 11.3. The zero-order valence-electron chi connectivity index (χ0n) is 19.7. The summed E-state index contributed by atoms with van der Waals surface area (Å²) in [5.41, 5.74) is 3.02. The van der Waals surface area contributed by atoms with Crippen molar-refractivity contribution in [1.29, 1.82) is 5.26 Å². The van der Waals surface area contributed by atoms with E-state index in [4.69, 9.17) is 5.26 Å². The molecule has 2 N–H and O–H groups in total. The van der Waals surface area contributed by atoms with Crippen molar-refractivity contribution < 1.29 is 4.79 Å². The molecule has 0 spiro atoms. The summed E-state index contributed by atoms with van der Waals surface area (Å²) in [7, 11) is 0. The van der Waals surface area contributed by atoms with Crippen LogP contribution in [0, 0.1) is 29.1 Å². The number of hydrogen-bond acceptors (Lipinski definition) is 4. The number of benzene rings is 1. The smallest absolute Gasteiger partial charge is 0.317 e. The zero-order chi connectivity index (χ0) is 23.1. The van der Waals surface area contributed by atoms with Crippen LogP contribution in [0.5, 0.6) is 0 Å². The highest BCUT2D eigenvalue weighted by molar-refractivity contribution is 5.75. The number of hydrogen-bond donors (Lipinski definition) is 2. The largest absolute Gasteiger partial charge is 0.333 e. The second kappa shape index (κ2) is 8.74. The first-order chi connectivity index (χ1) is 16.6. The van der Waals surface area contributed by atoms with Crippen LogP contribution < -0.4 is 10.6 Å². The lowest BCUT2D eigenvalue weighted by atomic mass is 9.53. The van der Waals surface area contributed by atoms with Gasteiger partial charge in [-0.05, 0) is 80.4 Å². The highest BCUT2D eigenvalue weighted by Crippen LogP contribution is 2.55. The van der Waals surface area contributed by atoms with Crippen molar-refractivity contribution in [1.82, 2.24) is 25.1 Å². The first-order valence-corrected chi connectivity index (χ1v) is 12.9. The Morgan fingerprint density at radius 2 is 1.82 bits per heavy atom. The number of carbonyl (C=O) groups is 1. The molecule has 1 aliphatic heterocycles. The minimum absolute atomic E-state index is 0.0787. The predicted molar refractivity (Wildman–Crippen MR) is 129 cm³/mol. The molecule has 1 aromatic carbocycles. The van der Waals surface area contributed by atoms with E-state index in [2.05, 4.69) is 26.3 Å². The number of nitrogens with one attached hydrogen (secondary N) is 2. The molecule has 1 atom stereocenters. The first kappa shape index (κ1) is 21.7. The van der Waals surface area contributed by atoms with E-state index in [1.807, 2.05) is 41.7 Å². The van der Waals surface area contributed by atoms with Gasteiger partial charge in [-0.3, -0.25) is 0 Å². The Bertz CT molecular complexity index is 1050. The highest BCUT2D eigenvalue weighted by atomic mass is 16.2. The molecule has 2 heterocycles. The van der Waals surface area contributed by atoms with Gasteiger partial charge in [0.15, 0.2) is 0 Å². The monoisotopic (exact) mass is 458 g/mol. The molecular weight excluding hydrogens is 424 g/mol. The van der Waals surface area contributed by atoms with E-state index in [-0.39, 0.29) is 11.6 Å². The van der Waals surface area contributed by atoms with Crippen LogP contribution in [0.15, 0.2) is 36.8 Å². The van der Waals surface area contributed by atoms with E-state index < -0.39 is 0 Å². The number of nitrogens with zero attached hydrogens (tertiary/aromatic N) is 4. The number of aromatic nitrogens is 2. The summed E-state index contributed by atoms with van der Waals surface area (Å²) in [5, 5.41) is 16.2. The standard InChI is InChI=1S/C27H34N6O/c28-13-19-1-3-20(4-2-19)16-33-18-29-14-25(33)15-30-24-5-6-32(17-24)26(34)31-27-10-21-7-22(11-27)9-23(8-21)12-27/h1-4,14,18,21-24,30H,5-12,15-17H2,(H,31,34)/t21?,22?,23?,24-,27?/m1/s1. The number of likely N-dealkylation sites (tertiary alicyclic amines) is 1. The van der Waals surface area contributed by atoms with E-state index in [9.17, 15) is 4.79 Å². The zero-order valence-corrected chi connectivity index (χ0v) is 19.7. The van der Waals surface area contributed by atoms with Gasteiger partial charge < -0.3 is 20.1 Å². The summed E-state index contributed by atoms with van der Waals surface area (Å²) in [5.74, 6) is 2.52. The topological polar surface area (TPSA) is 86.0 Å². The third-order valence-electron chi connectivity index (χ3n) is 8.69. The molecule has 4 aliphatic carbocycles. The Labute approximate surface area is 201 Å². The summed E-state index contributed by atoms with van der Waals surface area (Å²) in [6.07, 6.45) is 12.5. The molecule has 2 aromatic rings. The molecule has 4 saturated carbocycles. The molecule has 7 nitrogen and oxygen atoms in total. The molecule has 2 amide bonds. The summed E-state index contributed by atoms with van der Waals surface area (Å²) >= 11 is 0. The number of amides is 2. The van der Waals surface area contributed by atoms with E-state index in [1.54, 1.807) is 0 Å². The van der Waals surface area contributed by atoms with Crippen LogP contribution in [0.4, 0.5) is 4.79 Å². The van der Waals surface area contributed by atoms with Gasteiger partial charge in [0.2, 0.25) is 0 Å². The van der Waals surface area contributed by atoms with Crippen molar-refractivity contribution in [3.05, 3.63) is 53.6 Å². The van der Waals surface area contributed by atoms with Gasteiger partial charge in [-0.2, -0.15) is 5.26 Å². The van der Waals surface area contributed by atoms with E-state index in [0.29, 0.717) is 11.6 Å². The Balaban J connectivity index is 1.01. The van der Waals surface area contributed by atoms with Gasteiger partial charge in [0.1, 0.15) is 0 Å². The van der Waals surface area contributed by atoms with Crippen molar-refractivity contribution in [2.45, 2.75) is 69.6 Å². The van der Waals surface area contributed by atoms with Crippen LogP contribution in [-0.2, 0) is 13.1 Å². The molecule has 0 unspecified atom stereocenters. The van der Waals surface area contributed by atoms with Gasteiger partial charge in [0.05, 0.1) is 23.7 Å². The van der Waals surface area contributed by atoms with Gasteiger partial charge in [-0.1, -0.05) is 12.1 Å². The Morgan fingerprint density at radius 1 is 1.12 bits per heavy atom. The minimum Gasteiger partial charge on any atom is -0.333 e. The van der Waals surface area contributed by atoms with Gasteiger partial charge in [0, 0.05) is 44.0 Å². The highest BCUT2D eigenvalue weighted by Gasteiger charge is 2.52. The van der Waals surface area contributed by atoms with E-state index >= 15 is 0 Å². The Hall–Kier alpha value is -2.85. The number of imidazole rings is 1. The van der Waals surface area contributed by atoms with Crippen LogP contribution in [-0.4, -0.2) is 45.2 Å². The maximum absolute atomic E-state index is 13.2. The maximum atomic E-state index is 13.2. The second-order valence-corrected chi connectivity index (χ2v) is 11.3. The van der Waals surface area contributed by atoms with Gasteiger partial charge in [0.25, 0.3) is 0 Å². The van der Waals surface area contributed by atoms with Crippen LogP contribution in [0.25, 0.3) is 0 Å². The average molecular weight is 459 g/mol. The number of urea groups is 1.